The molecule has 64 valence electrons. The van der Waals surface area contributed by atoms with Gasteiger partial charge in [0.05, 0.1) is 5.56 Å². The Balaban J connectivity index is 3.38. The van der Waals surface area contributed by atoms with Gasteiger partial charge in [0.25, 0.3) is 0 Å². The zero-order valence-electron chi connectivity index (χ0n) is 6.76. The summed E-state index contributed by atoms with van der Waals surface area (Å²) in [6.45, 7) is 3.07. The monoisotopic (exact) mass is 185 g/mol. The Hall–Kier alpha value is -1.09. The molecule has 1 aromatic rings. The number of carbonyl (C=O) groups excluding carboxylic acids is 1. The van der Waals surface area contributed by atoms with Crippen LogP contribution in [0.1, 0.15) is 22.8 Å². The molecular weight excluding hydrogens is 178 g/mol. The van der Waals surface area contributed by atoms with Crippen LogP contribution in [0, 0.1) is 6.92 Å². The number of aryl methyl sites for hydroxylation is 1. The predicted octanol–water partition coefficient (Wildman–Crippen LogP) is 1.95. The summed E-state index contributed by atoms with van der Waals surface area (Å²) in [6.07, 6.45) is 0. The van der Waals surface area contributed by atoms with Crippen LogP contribution < -0.4 is 0 Å². The van der Waals surface area contributed by atoms with Gasteiger partial charge in [0, 0.05) is 0 Å². The molecule has 0 aromatic carbocycles. The number of Topliss-reactive ketones (excluding diaryl/α,β-unsaturated/α-hetero) is 1. The van der Waals surface area contributed by atoms with Crippen molar-refractivity contribution < 1.29 is 9.90 Å². The standard InChI is InChI=1S/C8H8ClNO2/c1-4-3-6(9)10-8(12)7(4)5(2)11/h3H,1-2H3,(H,10,12). The SMILES string of the molecule is CC(=O)c1c(C)cc(Cl)nc1O. The summed E-state index contributed by atoms with van der Waals surface area (Å²) < 4.78 is 0. The van der Waals surface area contributed by atoms with E-state index in [0.29, 0.717) is 5.56 Å². The predicted molar refractivity (Wildman–Crippen MR) is 45.7 cm³/mol. The van der Waals surface area contributed by atoms with Gasteiger partial charge in [0.15, 0.2) is 5.78 Å². The third kappa shape index (κ3) is 1.56. The van der Waals surface area contributed by atoms with Crippen LogP contribution in [0.5, 0.6) is 5.88 Å². The molecule has 1 rings (SSSR count). The van der Waals surface area contributed by atoms with Crippen molar-refractivity contribution >= 4 is 17.4 Å². The van der Waals surface area contributed by atoms with Gasteiger partial charge in [-0.15, -0.1) is 0 Å². The minimum atomic E-state index is -0.299. The number of rotatable bonds is 1. The second kappa shape index (κ2) is 3.11. The topological polar surface area (TPSA) is 50.2 Å². The van der Waals surface area contributed by atoms with Gasteiger partial charge in [-0.1, -0.05) is 11.6 Å². The molecule has 12 heavy (non-hydrogen) atoms. The lowest BCUT2D eigenvalue weighted by Crippen LogP contribution is -1.98. The fraction of sp³-hybridized carbons (Fsp3) is 0.250. The fourth-order valence-corrected chi connectivity index (χ4v) is 1.30. The van der Waals surface area contributed by atoms with Crippen molar-refractivity contribution in [2.45, 2.75) is 13.8 Å². The zero-order chi connectivity index (χ0) is 9.30. The van der Waals surface area contributed by atoms with Crippen molar-refractivity contribution in [1.82, 2.24) is 4.98 Å². The number of aromatic hydroxyl groups is 1. The van der Waals surface area contributed by atoms with Gasteiger partial charge in [-0.25, -0.2) is 4.98 Å². The molecule has 0 unspecified atom stereocenters. The van der Waals surface area contributed by atoms with Crippen LogP contribution in [-0.4, -0.2) is 15.9 Å². The maximum Gasteiger partial charge on any atom is 0.223 e. The van der Waals surface area contributed by atoms with Crippen LogP contribution in [-0.2, 0) is 0 Å². The quantitative estimate of drug-likeness (QED) is 0.538. The normalized spacial score (nSPS) is 9.92. The lowest BCUT2D eigenvalue weighted by Gasteiger charge is -2.03. The van der Waals surface area contributed by atoms with Crippen LogP contribution in [0.3, 0.4) is 0 Å². The summed E-state index contributed by atoms with van der Waals surface area (Å²) in [5.41, 5.74) is 0.874. The van der Waals surface area contributed by atoms with Crippen LogP contribution in [0.25, 0.3) is 0 Å². The highest BCUT2D eigenvalue weighted by Gasteiger charge is 2.11. The molecule has 0 aliphatic heterocycles. The van der Waals surface area contributed by atoms with Crippen molar-refractivity contribution in [2.75, 3.05) is 0 Å². The molecule has 1 aromatic heterocycles. The number of halogens is 1. The van der Waals surface area contributed by atoms with Gasteiger partial charge in [-0.3, -0.25) is 4.79 Å². The third-order valence-electron chi connectivity index (χ3n) is 1.52. The van der Waals surface area contributed by atoms with E-state index < -0.39 is 0 Å². The van der Waals surface area contributed by atoms with E-state index >= 15 is 0 Å². The Bertz CT molecular complexity index is 313. The lowest BCUT2D eigenvalue weighted by molar-refractivity contribution is 0.101. The Morgan fingerprint density at radius 3 is 2.67 bits per heavy atom. The van der Waals surface area contributed by atoms with Gasteiger partial charge in [0.2, 0.25) is 5.88 Å². The number of hydrogen-bond donors (Lipinski definition) is 1. The highest BCUT2D eigenvalue weighted by atomic mass is 35.5. The number of ketones is 1. The molecule has 0 saturated heterocycles. The summed E-state index contributed by atoms with van der Waals surface area (Å²) in [6, 6.07) is 1.54. The highest BCUT2D eigenvalue weighted by Crippen LogP contribution is 2.22. The molecule has 1 heterocycles. The lowest BCUT2D eigenvalue weighted by atomic mass is 10.1. The van der Waals surface area contributed by atoms with E-state index in [1.165, 1.54) is 13.0 Å². The maximum absolute atomic E-state index is 11.0. The van der Waals surface area contributed by atoms with Crippen molar-refractivity contribution in [3.05, 3.63) is 22.3 Å². The summed E-state index contributed by atoms with van der Waals surface area (Å²) in [5, 5.41) is 9.42. The van der Waals surface area contributed by atoms with Gasteiger partial charge >= 0.3 is 0 Å². The van der Waals surface area contributed by atoms with E-state index in [-0.39, 0.29) is 22.4 Å². The first-order valence-corrected chi connectivity index (χ1v) is 3.77. The minimum absolute atomic E-state index is 0.190. The highest BCUT2D eigenvalue weighted by molar-refractivity contribution is 6.29. The fourth-order valence-electron chi connectivity index (χ4n) is 1.05. The third-order valence-corrected chi connectivity index (χ3v) is 1.71. The van der Waals surface area contributed by atoms with Crippen LogP contribution in [0.2, 0.25) is 5.15 Å². The van der Waals surface area contributed by atoms with E-state index in [1.54, 1.807) is 6.92 Å². The number of hydrogen-bond acceptors (Lipinski definition) is 3. The van der Waals surface area contributed by atoms with Crippen LogP contribution >= 0.6 is 11.6 Å². The van der Waals surface area contributed by atoms with E-state index in [0.717, 1.165) is 0 Å². The first-order valence-electron chi connectivity index (χ1n) is 3.39. The first kappa shape index (κ1) is 9.00. The van der Waals surface area contributed by atoms with Crippen molar-refractivity contribution in [3.63, 3.8) is 0 Å². The number of aromatic nitrogens is 1. The maximum atomic E-state index is 11.0. The Kier molecular flexibility index (Phi) is 2.33. The Morgan fingerprint density at radius 2 is 2.25 bits per heavy atom. The van der Waals surface area contributed by atoms with Gasteiger partial charge < -0.3 is 5.11 Å². The van der Waals surface area contributed by atoms with Crippen LogP contribution in [0.4, 0.5) is 0 Å². The molecule has 0 spiro atoms. The van der Waals surface area contributed by atoms with E-state index in [1.807, 2.05) is 0 Å². The molecule has 0 atom stereocenters. The van der Waals surface area contributed by atoms with E-state index in [4.69, 9.17) is 11.6 Å². The second-order valence-electron chi connectivity index (χ2n) is 2.52. The van der Waals surface area contributed by atoms with Gasteiger partial charge in [-0.05, 0) is 25.5 Å². The average molecular weight is 186 g/mol. The Morgan fingerprint density at radius 1 is 1.67 bits per heavy atom. The molecule has 0 aliphatic carbocycles. The molecule has 0 saturated carbocycles. The molecule has 0 amide bonds. The summed E-state index contributed by atoms with van der Waals surface area (Å²) in [4.78, 5) is 14.5. The number of pyridine rings is 1. The van der Waals surface area contributed by atoms with Crippen LogP contribution in [0.15, 0.2) is 6.07 Å². The van der Waals surface area contributed by atoms with Crippen molar-refractivity contribution in [1.29, 1.82) is 0 Å². The average Bonchev–Trinajstić information content (AvgIpc) is 1.82. The van der Waals surface area contributed by atoms with Gasteiger partial charge in [-0.2, -0.15) is 0 Å². The number of nitrogens with zero attached hydrogens (tertiary/aromatic N) is 1. The minimum Gasteiger partial charge on any atom is -0.493 e. The number of carbonyl (C=O) groups is 1. The summed E-state index contributed by atoms with van der Waals surface area (Å²) >= 11 is 5.54. The molecule has 0 bridgehead atoms. The first-order chi connectivity index (χ1) is 5.52. The molecule has 1 N–H and O–H groups in total. The molecule has 3 nitrogen and oxygen atoms in total. The zero-order valence-corrected chi connectivity index (χ0v) is 7.51. The Labute approximate surface area is 75.0 Å². The van der Waals surface area contributed by atoms with E-state index in [9.17, 15) is 9.90 Å². The molecule has 4 heteroatoms. The van der Waals surface area contributed by atoms with Crippen molar-refractivity contribution in [2.24, 2.45) is 0 Å². The summed E-state index contributed by atoms with van der Waals surface area (Å²) in [5.74, 6) is -0.512. The molecule has 0 fully saturated rings. The second-order valence-corrected chi connectivity index (χ2v) is 2.90. The smallest absolute Gasteiger partial charge is 0.223 e. The van der Waals surface area contributed by atoms with Crippen molar-refractivity contribution in [3.8, 4) is 5.88 Å². The largest absolute Gasteiger partial charge is 0.493 e. The molecule has 0 radical (unpaired) electrons. The van der Waals surface area contributed by atoms with E-state index in [2.05, 4.69) is 4.98 Å². The molecular formula is C8H8ClNO2. The summed E-state index contributed by atoms with van der Waals surface area (Å²) in [7, 11) is 0. The van der Waals surface area contributed by atoms with Gasteiger partial charge in [0.1, 0.15) is 5.15 Å². The molecule has 0 aliphatic rings.